The van der Waals surface area contributed by atoms with Crippen LogP contribution >= 0.6 is 11.6 Å². The molecule has 1 fully saturated rings. The van der Waals surface area contributed by atoms with E-state index in [0.29, 0.717) is 12.5 Å². The van der Waals surface area contributed by atoms with Gasteiger partial charge in [-0.15, -0.1) is 13.2 Å². The van der Waals surface area contributed by atoms with Gasteiger partial charge in [0.05, 0.1) is 12.1 Å². The lowest BCUT2D eigenvalue weighted by molar-refractivity contribution is -0.389. The number of nitro groups is 1. The minimum atomic E-state index is -4.70. The lowest BCUT2D eigenvalue weighted by Gasteiger charge is -2.36. The summed E-state index contributed by atoms with van der Waals surface area (Å²) < 4.78 is 42.0. The van der Waals surface area contributed by atoms with Gasteiger partial charge in [-0.25, -0.2) is 0 Å². The van der Waals surface area contributed by atoms with E-state index in [-0.39, 0.29) is 23.4 Å². The Hall–Kier alpha value is -2.37. The van der Waals surface area contributed by atoms with Crippen molar-refractivity contribution in [2.75, 3.05) is 19.6 Å². The van der Waals surface area contributed by atoms with Crippen LogP contribution in [0.25, 0.3) is 0 Å². The number of imidazole rings is 1. The Bertz CT molecular complexity index is 926. The van der Waals surface area contributed by atoms with Crippen LogP contribution in [0.5, 0.6) is 5.75 Å². The second kappa shape index (κ2) is 9.63. The van der Waals surface area contributed by atoms with Crippen molar-refractivity contribution >= 4 is 17.4 Å². The van der Waals surface area contributed by atoms with Crippen LogP contribution in [0.3, 0.4) is 0 Å². The summed E-state index contributed by atoms with van der Waals surface area (Å²) in [4.78, 5) is 16.0. The first-order chi connectivity index (χ1) is 14.9. The lowest BCUT2D eigenvalue weighted by Crippen LogP contribution is -2.46. The number of likely N-dealkylation sites (tertiary alicyclic amines) is 1. The average Bonchev–Trinajstić information content (AvgIpc) is 3.03. The third-order valence-electron chi connectivity index (χ3n) is 5.37. The zero-order chi connectivity index (χ0) is 23.5. The van der Waals surface area contributed by atoms with Crippen LogP contribution in [0.4, 0.5) is 19.0 Å². The second-order valence-electron chi connectivity index (χ2n) is 8.37. The first kappa shape index (κ1) is 24.3. The fraction of sp³-hybridized carbons (Fsp3) is 0.550. The van der Waals surface area contributed by atoms with Crippen molar-refractivity contribution in [3.05, 3.63) is 51.4 Å². The van der Waals surface area contributed by atoms with Crippen molar-refractivity contribution in [3.63, 3.8) is 0 Å². The van der Waals surface area contributed by atoms with Gasteiger partial charge in [-0.1, -0.05) is 12.1 Å². The number of piperidine rings is 1. The third-order valence-corrected chi connectivity index (χ3v) is 5.67. The molecule has 0 saturated carbocycles. The molecule has 1 aliphatic heterocycles. The van der Waals surface area contributed by atoms with Gasteiger partial charge >= 0.3 is 17.5 Å². The van der Waals surface area contributed by atoms with E-state index in [1.165, 1.54) is 22.9 Å². The number of aliphatic hydroxyl groups is 1. The summed E-state index contributed by atoms with van der Waals surface area (Å²) in [5.74, 6) is -0.220. The van der Waals surface area contributed by atoms with Gasteiger partial charge < -0.3 is 24.9 Å². The highest BCUT2D eigenvalue weighted by atomic mass is 35.5. The van der Waals surface area contributed by atoms with Crippen molar-refractivity contribution in [3.8, 4) is 5.75 Å². The van der Waals surface area contributed by atoms with Crippen molar-refractivity contribution in [1.82, 2.24) is 14.5 Å². The third kappa shape index (κ3) is 7.07. The van der Waals surface area contributed by atoms with E-state index in [9.17, 15) is 28.4 Å². The standard InChI is InChI=1S/C20H24ClF3N4O4/c1-19(29,13-27-11-17(28(30)31)25-18(27)21)12-26-8-6-15(7-9-26)10-14-2-4-16(5-3-14)32-20(22,23)24/h2-5,11,15,29H,6-10,12-13H2,1H3. The van der Waals surface area contributed by atoms with Gasteiger partial charge in [0.1, 0.15) is 11.9 Å². The van der Waals surface area contributed by atoms with E-state index < -0.39 is 16.9 Å². The molecular weight excluding hydrogens is 453 g/mol. The number of rotatable bonds is 8. The van der Waals surface area contributed by atoms with Crippen LogP contribution in [-0.2, 0) is 13.0 Å². The molecule has 176 valence electrons. The predicted octanol–water partition coefficient (Wildman–Crippen LogP) is 4.05. The quantitative estimate of drug-likeness (QED) is 0.456. The molecule has 0 bridgehead atoms. The summed E-state index contributed by atoms with van der Waals surface area (Å²) in [6.07, 6.45) is -0.977. The number of aromatic nitrogens is 2. The zero-order valence-corrected chi connectivity index (χ0v) is 18.1. The maximum atomic E-state index is 12.3. The molecular formula is C20H24ClF3N4O4. The van der Waals surface area contributed by atoms with Crippen molar-refractivity contribution < 1.29 is 27.9 Å². The summed E-state index contributed by atoms with van der Waals surface area (Å²) >= 11 is 5.93. The van der Waals surface area contributed by atoms with Crippen LogP contribution in [0, 0.1) is 16.0 Å². The van der Waals surface area contributed by atoms with E-state index in [2.05, 4.69) is 14.6 Å². The van der Waals surface area contributed by atoms with Gasteiger partial charge in [-0.05, 0) is 84.4 Å². The van der Waals surface area contributed by atoms with Crippen LogP contribution in [0.15, 0.2) is 30.5 Å². The number of alkyl halides is 3. The number of hydrogen-bond acceptors (Lipinski definition) is 6. The Morgan fingerprint density at radius 3 is 2.41 bits per heavy atom. The van der Waals surface area contributed by atoms with Crippen molar-refractivity contribution in [2.24, 2.45) is 5.92 Å². The topological polar surface area (TPSA) is 93.7 Å². The molecule has 2 heterocycles. The van der Waals surface area contributed by atoms with Crippen molar-refractivity contribution in [1.29, 1.82) is 0 Å². The van der Waals surface area contributed by atoms with Crippen LogP contribution in [0.2, 0.25) is 5.28 Å². The van der Waals surface area contributed by atoms with E-state index in [1.807, 2.05) is 0 Å². The Morgan fingerprint density at radius 2 is 1.88 bits per heavy atom. The fourth-order valence-electron chi connectivity index (χ4n) is 3.99. The Kier molecular flexibility index (Phi) is 7.31. The smallest absolute Gasteiger partial charge is 0.406 e. The molecule has 12 heteroatoms. The van der Waals surface area contributed by atoms with Gasteiger partial charge in [0.25, 0.3) is 0 Å². The lowest BCUT2D eigenvalue weighted by atomic mass is 9.89. The monoisotopic (exact) mass is 476 g/mol. The summed E-state index contributed by atoms with van der Waals surface area (Å²) in [5, 5.41) is 21.6. The molecule has 8 nitrogen and oxygen atoms in total. The van der Waals surface area contributed by atoms with Gasteiger partial charge in [0.15, 0.2) is 0 Å². The maximum Gasteiger partial charge on any atom is 0.573 e. The summed E-state index contributed by atoms with van der Waals surface area (Å²) in [6, 6.07) is 5.93. The highest BCUT2D eigenvalue weighted by Gasteiger charge is 2.32. The number of nitrogens with zero attached hydrogens (tertiary/aromatic N) is 4. The molecule has 1 aliphatic rings. The molecule has 1 N–H and O–H groups in total. The zero-order valence-electron chi connectivity index (χ0n) is 17.4. The van der Waals surface area contributed by atoms with E-state index in [0.717, 1.165) is 37.9 Å². The molecule has 1 aromatic heterocycles. The van der Waals surface area contributed by atoms with Gasteiger partial charge in [-0.3, -0.25) is 4.57 Å². The molecule has 0 spiro atoms. The number of hydrogen-bond donors (Lipinski definition) is 1. The number of β-amino-alcohol motifs (C(OH)–C–C–N with tert-alkyl or cyclic N) is 1. The highest BCUT2D eigenvalue weighted by Crippen LogP contribution is 2.27. The molecule has 0 radical (unpaired) electrons. The van der Waals surface area contributed by atoms with Gasteiger partial charge in [0.2, 0.25) is 0 Å². The Balaban J connectivity index is 1.47. The number of ether oxygens (including phenoxy) is 1. The predicted molar refractivity (Wildman–Crippen MR) is 111 cm³/mol. The molecule has 1 unspecified atom stereocenters. The van der Waals surface area contributed by atoms with E-state index in [1.54, 1.807) is 19.1 Å². The fourth-order valence-corrected chi connectivity index (χ4v) is 4.18. The largest absolute Gasteiger partial charge is 0.573 e. The SMILES string of the molecule is CC(O)(CN1CCC(Cc2ccc(OC(F)(F)F)cc2)CC1)Cn1cc([N+](=O)[O-])nc1Cl. The molecule has 0 amide bonds. The van der Waals surface area contributed by atoms with Crippen molar-refractivity contribution in [2.45, 2.75) is 44.7 Å². The Labute approximate surface area is 187 Å². The first-order valence-electron chi connectivity index (χ1n) is 10.1. The molecule has 1 aromatic carbocycles. The number of halogens is 4. The summed E-state index contributed by atoms with van der Waals surface area (Å²) in [5.41, 5.74) is -0.222. The molecule has 2 aromatic rings. The Morgan fingerprint density at radius 1 is 1.25 bits per heavy atom. The second-order valence-corrected chi connectivity index (χ2v) is 8.70. The number of benzene rings is 1. The van der Waals surface area contributed by atoms with Gasteiger partial charge in [-0.2, -0.15) is 0 Å². The highest BCUT2D eigenvalue weighted by molar-refractivity contribution is 6.28. The van der Waals surface area contributed by atoms with Gasteiger partial charge in [0, 0.05) is 6.54 Å². The molecule has 0 aliphatic carbocycles. The molecule has 1 atom stereocenters. The molecule has 3 rings (SSSR count). The minimum Gasteiger partial charge on any atom is -0.406 e. The maximum absolute atomic E-state index is 12.3. The average molecular weight is 477 g/mol. The van der Waals surface area contributed by atoms with E-state index in [4.69, 9.17) is 11.6 Å². The molecule has 32 heavy (non-hydrogen) atoms. The molecule has 1 saturated heterocycles. The first-order valence-corrected chi connectivity index (χ1v) is 10.4. The normalized spacial score (nSPS) is 17.8. The van der Waals surface area contributed by atoms with Crippen LogP contribution in [0.1, 0.15) is 25.3 Å². The summed E-state index contributed by atoms with van der Waals surface area (Å²) in [6.45, 7) is 3.60. The van der Waals surface area contributed by atoms with E-state index >= 15 is 0 Å². The van der Waals surface area contributed by atoms with Crippen LogP contribution in [-0.4, -0.2) is 56.1 Å². The summed E-state index contributed by atoms with van der Waals surface area (Å²) in [7, 11) is 0. The van der Waals surface area contributed by atoms with Crippen LogP contribution < -0.4 is 4.74 Å². The minimum absolute atomic E-state index is 0.0534.